The van der Waals surface area contributed by atoms with Crippen LogP contribution >= 0.6 is 0 Å². The molecule has 78 valence electrons. The van der Waals surface area contributed by atoms with Crippen LogP contribution in [-0.2, 0) is 4.74 Å². The van der Waals surface area contributed by atoms with Crippen LogP contribution in [0.15, 0.2) is 36.5 Å². The summed E-state index contributed by atoms with van der Waals surface area (Å²) in [6, 6.07) is 10.1. The lowest BCUT2D eigenvalue weighted by Crippen LogP contribution is -2.22. The summed E-state index contributed by atoms with van der Waals surface area (Å²) in [5.74, 6) is 0. The Morgan fingerprint density at radius 2 is 2.07 bits per heavy atom. The second-order valence-electron chi connectivity index (χ2n) is 3.43. The third-order valence-corrected chi connectivity index (χ3v) is 2.49. The minimum Gasteiger partial charge on any atom is -0.452 e. The Hall–Kier alpha value is -1.77. The van der Waals surface area contributed by atoms with Gasteiger partial charge in [-0.1, -0.05) is 30.3 Å². The second kappa shape index (κ2) is 4.17. The van der Waals surface area contributed by atoms with Gasteiger partial charge in [0.2, 0.25) is 0 Å². The summed E-state index contributed by atoms with van der Waals surface area (Å²) in [5, 5.41) is 0. The highest BCUT2D eigenvalue weighted by Gasteiger charge is 2.19. The molecule has 0 unspecified atom stereocenters. The highest BCUT2D eigenvalue weighted by Crippen LogP contribution is 2.24. The Morgan fingerprint density at radius 3 is 2.73 bits per heavy atom. The van der Waals surface area contributed by atoms with E-state index in [-0.39, 0.29) is 6.09 Å². The summed E-state index contributed by atoms with van der Waals surface area (Å²) in [7, 11) is 1.40. The largest absolute Gasteiger partial charge is 0.452 e. The number of carbonyl (C=O) groups excluding carboxylic acids is 1. The van der Waals surface area contributed by atoms with E-state index in [0.717, 1.165) is 6.42 Å². The fourth-order valence-electron chi connectivity index (χ4n) is 1.69. The molecule has 1 aliphatic rings. The number of rotatable bonds is 1. The Kier molecular flexibility index (Phi) is 2.72. The molecule has 15 heavy (non-hydrogen) atoms. The van der Waals surface area contributed by atoms with Gasteiger partial charge in [-0.3, -0.25) is 4.90 Å². The lowest BCUT2D eigenvalue weighted by molar-refractivity contribution is 0.143. The van der Waals surface area contributed by atoms with Crippen molar-refractivity contribution in [3.63, 3.8) is 0 Å². The zero-order valence-corrected chi connectivity index (χ0v) is 8.64. The number of benzene rings is 1. The van der Waals surface area contributed by atoms with Crippen LogP contribution in [0.2, 0.25) is 0 Å². The molecule has 1 amide bonds. The lowest BCUT2D eigenvalue weighted by Gasteiger charge is -2.09. The predicted molar refractivity (Wildman–Crippen MR) is 58.1 cm³/mol. The Bertz CT molecular complexity index is 384. The van der Waals surface area contributed by atoms with Crippen LogP contribution in [0.5, 0.6) is 0 Å². The van der Waals surface area contributed by atoms with E-state index in [0.29, 0.717) is 6.54 Å². The van der Waals surface area contributed by atoms with Crippen molar-refractivity contribution in [1.29, 1.82) is 0 Å². The lowest BCUT2D eigenvalue weighted by atomic mass is 10.1. The number of carbonyl (C=O) groups is 1. The van der Waals surface area contributed by atoms with E-state index >= 15 is 0 Å². The first-order valence-corrected chi connectivity index (χ1v) is 4.92. The van der Waals surface area contributed by atoms with Gasteiger partial charge in [0.1, 0.15) is 0 Å². The van der Waals surface area contributed by atoms with Gasteiger partial charge in [0, 0.05) is 12.7 Å². The van der Waals surface area contributed by atoms with E-state index in [4.69, 9.17) is 0 Å². The third kappa shape index (κ3) is 2.01. The summed E-state index contributed by atoms with van der Waals surface area (Å²) >= 11 is 0. The van der Waals surface area contributed by atoms with Gasteiger partial charge in [-0.2, -0.15) is 0 Å². The van der Waals surface area contributed by atoms with E-state index in [2.05, 4.69) is 4.74 Å². The monoisotopic (exact) mass is 203 g/mol. The van der Waals surface area contributed by atoms with E-state index in [1.807, 2.05) is 36.5 Å². The van der Waals surface area contributed by atoms with Crippen LogP contribution in [0.4, 0.5) is 4.79 Å². The van der Waals surface area contributed by atoms with Crippen LogP contribution in [0.1, 0.15) is 12.0 Å². The average molecular weight is 203 g/mol. The number of amides is 1. The zero-order valence-electron chi connectivity index (χ0n) is 8.64. The van der Waals surface area contributed by atoms with E-state index in [1.165, 1.54) is 18.2 Å². The Morgan fingerprint density at radius 1 is 1.33 bits per heavy atom. The first-order chi connectivity index (χ1) is 7.31. The summed E-state index contributed by atoms with van der Waals surface area (Å²) in [6.45, 7) is 0.705. The minimum atomic E-state index is -0.291. The first-order valence-electron chi connectivity index (χ1n) is 4.92. The smallest absolute Gasteiger partial charge is 0.413 e. The van der Waals surface area contributed by atoms with Crippen molar-refractivity contribution in [3.05, 3.63) is 42.1 Å². The van der Waals surface area contributed by atoms with E-state index in [1.54, 1.807) is 4.90 Å². The molecule has 1 aliphatic heterocycles. The normalized spacial score (nSPS) is 15.0. The molecule has 3 nitrogen and oxygen atoms in total. The summed E-state index contributed by atoms with van der Waals surface area (Å²) in [4.78, 5) is 12.8. The van der Waals surface area contributed by atoms with Crippen LogP contribution < -0.4 is 0 Å². The molecule has 1 aromatic rings. The number of nitrogens with zero attached hydrogens (tertiary/aromatic N) is 1. The highest BCUT2D eigenvalue weighted by molar-refractivity contribution is 5.76. The predicted octanol–water partition coefficient (Wildman–Crippen LogP) is 2.50. The van der Waals surface area contributed by atoms with Crippen LogP contribution in [0.3, 0.4) is 0 Å². The molecular weight excluding hydrogens is 190 g/mol. The SMILES string of the molecule is COC(=O)N1C=C(c2ccccc2)CC1. The fraction of sp³-hybridized carbons (Fsp3) is 0.250. The van der Waals surface area contributed by atoms with Gasteiger partial charge in [-0.15, -0.1) is 0 Å². The molecule has 2 rings (SSSR count). The summed E-state index contributed by atoms with van der Waals surface area (Å²) < 4.78 is 4.66. The van der Waals surface area contributed by atoms with Gasteiger partial charge in [-0.25, -0.2) is 4.79 Å². The van der Waals surface area contributed by atoms with E-state index in [9.17, 15) is 4.79 Å². The molecule has 0 bridgehead atoms. The van der Waals surface area contributed by atoms with Gasteiger partial charge >= 0.3 is 6.09 Å². The number of methoxy groups -OCH3 is 1. The molecule has 0 radical (unpaired) electrons. The van der Waals surface area contributed by atoms with Crippen LogP contribution in [0, 0.1) is 0 Å². The topological polar surface area (TPSA) is 29.5 Å². The molecule has 0 fully saturated rings. The number of hydrogen-bond acceptors (Lipinski definition) is 2. The van der Waals surface area contributed by atoms with Crippen molar-refractivity contribution in [2.75, 3.05) is 13.7 Å². The second-order valence-corrected chi connectivity index (χ2v) is 3.43. The molecule has 0 saturated heterocycles. The van der Waals surface area contributed by atoms with E-state index < -0.39 is 0 Å². The Balaban J connectivity index is 2.17. The van der Waals surface area contributed by atoms with Gasteiger partial charge in [0.25, 0.3) is 0 Å². The molecule has 0 aromatic heterocycles. The molecule has 1 aromatic carbocycles. The molecule has 0 aliphatic carbocycles. The third-order valence-electron chi connectivity index (χ3n) is 2.49. The maximum Gasteiger partial charge on any atom is 0.413 e. The molecule has 0 atom stereocenters. The van der Waals surface area contributed by atoms with Crippen LogP contribution in [0.25, 0.3) is 5.57 Å². The average Bonchev–Trinajstić information content (AvgIpc) is 2.78. The van der Waals surface area contributed by atoms with Gasteiger partial charge in [0.05, 0.1) is 7.11 Å². The van der Waals surface area contributed by atoms with Crippen molar-refractivity contribution in [2.45, 2.75) is 6.42 Å². The molecule has 3 heteroatoms. The number of hydrogen-bond donors (Lipinski definition) is 0. The molecule has 0 spiro atoms. The van der Waals surface area contributed by atoms with Gasteiger partial charge in [0.15, 0.2) is 0 Å². The quantitative estimate of drug-likeness (QED) is 0.701. The van der Waals surface area contributed by atoms with Crippen molar-refractivity contribution < 1.29 is 9.53 Å². The fourth-order valence-corrected chi connectivity index (χ4v) is 1.69. The van der Waals surface area contributed by atoms with Crippen molar-refractivity contribution >= 4 is 11.7 Å². The van der Waals surface area contributed by atoms with Gasteiger partial charge in [-0.05, 0) is 17.6 Å². The Labute approximate surface area is 89.0 Å². The maximum absolute atomic E-state index is 11.3. The molecule has 0 N–H and O–H groups in total. The van der Waals surface area contributed by atoms with Crippen molar-refractivity contribution in [1.82, 2.24) is 4.90 Å². The van der Waals surface area contributed by atoms with Crippen LogP contribution in [-0.4, -0.2) is 24.6 Å². The standard InChI is InChI=1S/C12H13NO2/c1-15-12(14)13-8-7-11(9-13)10-5-3-2-4-6-10/h2-6,9H,7-8H2,1H3. The van der Waals surface area contributed by atoms with Crippen molar-refractivity contribution in [2.24, 2.45) is 0 Å². The summed E-state index contributed by atoms with van der Waals surface area (Å²) in [6.07, 6.45) is 2.46. The number of ether oxygens (including phenoxy) is 1. The van der Waals surface area contributed by atoms with Crippen molar-refractivity contribution in [3.8, 4) is 0 Å². The molecule has 0 saturated carbocycles. The summed E-state index contributed by atoms with van der Waals surface area (Å²) in [5.41, 5.74) is 2.35. The maximum atomic E-state index is 11.3. The molecular formula is C12H13NO2. The minimum absolute atomic E-state index is 0.291. The van der Waals surface area contributed by atoms with Gasteiger partial charge < -0.3 is 4.74 Å². The first kappa shape index (κ1) is 9.77. The zero-order chi connectivity index (χ0) is 10.7. The molecule has 1 heterocycles. The highest BCUT2D eigenvalue weighted by atomic mass is 16.5.